The van der Waals surface area contributed by atoms with Crippen molar-refractivity contribution in [1.82, 2.24) is 4.98 Å². The maximum absolute atomic E-state index is 12.2. The summed E-state index contributed by atoms with van der Waals surface area (Å²) in [5, 5.41) is 11.4. The van der Waals surface area contributed by atoms with Gasteiger partial charge in [0.05, 0.1) is 11.2 Å². The van der Waals surface area contributed by atoms with Gasteiger partial charge in [-0.1, -0.05) is 49.7 Å². The first-order valence-corrected chi connectivity index (χ1v) is 9.96. The van der Waals surface area contributed by atoms with Crippen LogP contribution in [0, 0.1) is 0 Å². The van der Waals surface area contributed by atoms with E-state index in [0.29, 0.717) is 22.0 Å². The van der Waals surface area contributed by atoms with E-state index in [1.807, 2.05) is 18.2 Å². The first-order valence-electron chi connectivity index (χ1n) is 9.59. The molecule has 0 fully saturated rings. The molecule has 0 aliphatic rings. The van der Waals surface area contributed by atoms with Gasteiger partial charge in [-0.15, -0.1) is 0 Å². The number of aromatic nitrogens is 1. The average molecular weight is 397 g/mol. The van der Waals surface area contributed by atoms with Crippen molar-refractivity contribution in [3.63, 3.8) is 0 Å². The topological polar surface area (TPSA) is 53.4 Å². The number of fused-ring (bicyclic) bond motifs is 1. The van der Waals surface area contributed by atoms with Crippen molar-refractivity contribution in [2.45, 2.75) is 33.6 Å². The monoisotopic (exact) mass is 396 g/mol. The molecule has 5 heteroatoms. The summed E-state index contributed by atoms with van der Waals surface area (Å²) >= 11 is 6.29. The molecule has 0 aliphatic carbocycles. The number of hydrogen-bond donors (Lipinski definition) is 1. The fourth-order valence-corrected chi connectivity index (χ4v) is 3.74. The summed E-state index contributed by atoms with van der Waals surface area (Å²) in [6.45, 7) is 9.88. The molecule has 0 atom stereocenters. The van der Waals surface area contributed by atoms with E-state index in [1.54, 1.807) is 12.1 Å². The molecule has 1 aromatic heterocycles. The smallest absolute Gasteiger partial charge is 0.355 e. The predicted octanol–water partition coefficient (Wildman–Crippen LogP) is 6.22. The van der Waals surface area contributed by atoms with Crippen LogP contribution in [-0.2, 0) is 0 Å². The molecule has 0 radical (unpaired) electrons. The molecule has 28 heavy (non-hydrogen) atoms. The van der Waals surface area contributed by atoms with Crippen LogP contribution in [0.1, 0.15) is 49.7 Å². The Morgan fingerprint density at radius 3 is 2.46 bits per heavy atom. The lowest BCUT2D eigenvalue weighted by Crippen LogP contribution is -2.24. The second kappa shape index (κ2) is 8.19. The lowest BCUT2D eigenvalue weighted by molar-refractivity contribution is 0.0692. The molecule has 0 aliphatic heterocycles. The molecule has 3 rings (SSSR count). The summed E-state index contributed by atoms with van der Waals surface area (Å²) < 4.78 is 0. The predicted molar refractivity (Wildman–Crippen MR) is 117 cm³/mol. The molecule has 0 spiro atoms. The van der Waals surface area contributed by atoms with E-state index >= 15 is 0 Å². The third kappa shape index (κ3) is 3.69. The van der Waals surface area contributed by atoms with Gasteiger partial charge in [0.2, 0.25) is 0 Å². The van der Waals surface area contributed by atoms with Crippen molar-refractivity contribution in [3.05, 3.63) is 58.7 Å². The number of aromatic carboxylic acids is 1. The maximum Gasteiger partial charge on any atom is 0.355 e. The molecular weight excluding hydrogens is 372 g/mol. The highest BCUT2D eigenvalue weighted by Crippen LogP contribution is 2.40. The highest BCUT2D eigenvalue weighted by molar-refractivity contribution is 6.31. The number of carboxylic acids is 1. The van der Waals surface area contributed by atoms with Crippen molar-refractivity contribution in [3.8, 4) is 11.1 Å². The number of hydrogen-bond acceptors (Lipinski definition) is 3. The number of halogens is 1. The molecule has 1 heterocycles. The van der Waals surface area contributed by atoms with Crippen molar-refractivity contribution in [1.29, 1.82) is 0 Å². The molecule has 3 aromatic rings. The summed E-state index contributed by atoms with van der Waals surface area (Å²) in [5.74, 6) is -0.691. The summed E-state index contributed by atoms with van der Waals surface area (Å²) in [6.07, 6.45) is 0. The lowest BCUT2D eigenvalue weighted by Gasteiger charge is -2.27. The van der Waals surface area contributed by atoms with Crippen LogP contribution in [0.3, 0.4) is 0 Å². The van der Waals surface area contributed by atoms with E-state index in [-0.39, 0.29) is 5.69 Å². The van der Waals surface area contributed by atoms with Crippen LogP contribution in [0.4, 0.5) is 5.69 Å². The van der Waals surface area contributed by atoms with Gasteiger partial charge in [-0.2, -0.15) is 0 Å². The van der Waals surface area contributed by atoms with E-state index in [0.717, 1.165) is 35.3 Å². The van der Waals surface area contributed by atoms with E-state index < -0.39 is 5.97 Å². The standard InChI is InChI=1S/C23H25ClN2O2/c1-5-26(6-2)22-18-13-17(24)10-11-19(18)25-21(23(27)28)20(22)16-9-7-8-15(12-16)14(3)4/h7-14H,5-6H2,1-4H3,(H,27,28). The van der Waals surface area contributed by atoms with Gasteiger partial charge < -0.3 is 10.0 Å². The van der Waals surface area contributed by atoms with Gasteiger partial charge in [-0.05, 0) is 49.1 Å². The van der Waals surface area contributed by atoms with Gasteiger partial charge in [0, 0.05) is 29.1 Å². The molecule has 1 N–H and O–H groups in total. The normalized spacial score (nSPS) is 11.2. The zero-order valence-electron chi connectivity index (χ0n) is 16.7. The highest BCUT2D eigenvalue weighted by atomic mass is 35.5. The zero-order chi connectivity index (χ0) is 20.4. The van der Waals surface area contributed by atoms with Gasteiger partial charge in [0.25, 0.3) is 0 Å². The lowest BCUT2D eigenvalue weighted by atomic mass is 9.93. The Morgan fingerprint density at radius 1 is 1.14 bits per heavy atom. The van der Waals surface area contributed by atoms with Crippen molar-refractivity contribution < 1.29 is 9.90 Å². The van der Waals surface area contributed by atoms with Gasteiger partial charge in [-0.3, -0.25) is 0 Å². The largest absolute Gasteiger partial charge is 0.476 e. The summed E-state index contributed by atoms with van der Waals surface area (Å²) in [4.78, 5) is 18.8. The Morgan fingerprint density at radius 2 is 1.86 bits per heavy atom. The number of carboxylic acid groups (broad SMARTS) is 1. The van der Waals surface area contributed by atoms with Crippen LogP contribution in [0.2, 0.25) is 5.02 Å². The number of nitrogens with zero attached hydrogens (tertiary/aromatic N) is 2. The highest BCUT2D eigenvalue weighted by Gasteiger charge is 2.24. The third-order valence-corrected chi connectivity index (χ3v) is 5.28. The van der Waals surface area contributed by atoms with Crippen LogP contribution < -0.4 is 4.90 Å². The first kappa shape index (κ1) is 20.2. The van der Waals surface area contributed by atoms with Crippen LogP contribution in [0.25, 0.3) is 22.0 Å². The minimum Gasteiger partial charge on any atom is -0.476 e. The van der Waals surface area contributed by atoms with E-state index in [4.69, 9.17) is 11.6 Å². The Labute approximate surface area is 170 Å². The van der Waals surface area contributed by atoms with Crippen LogP contribution >= 0.6 is 11.6 Å². The number of anilines is 1. The molecule has 2 aromatic carbocycles. The van der Waals surface area contributed by atoms with E-state index in [9.17, 15) is 9.90 Å². The Balaban J connectivity index is 2.48. The number of carbonyl (C=O) groups is 1. The Bertz CT molecular complexity index is 1030. The van der Waals surface area contributed by atoms with Gasteiger partial charge in [-0.25, -0.2) is 9.78 Å². The fourth-order valence-electron chi connectivity index (χ4n) is 3.57. The van der Waals surface area contributed by atoms with Gasteiger partial charge >= 0.3 is 5.97 Å². The molecule has 146 valence electrons. The van der Waals surface area contributed by atoms with Crippen LogP contribution in [0.5, 0.6) is 0 Å². The molecule has 0 unspecified atom stereocenters. The summed E-state index contributed by atoms with van der Waals surface area (Å²) in [7, 11) is 0. The summed E-state index contributed by atoms with van der Waals surface area (Å²) in [6, 6.07) is 13.5. The molecule has 0 bridgehead atoms. The molecule has 4 nitrogen and oxygen atoms in total. The van der Waals surface area contributed by atoms with Crippen molar-refractivity contribution >= 4 is 34.2 Å². The maximum atomic E-state index is 12.2. The summed E-state index contributed by atoms with van der Waals surface area (Å²) in [5.41, 5.74) is 4.24. The molecule has 0 saturated carbocycles. The second-order valence-corrected chi connectivity index (χ2v) is 7.54. The number of benzene rings is 2. The minimum atomic E-state index is -1.03. The first-order chi connectivity index (χ1) is 13.4. The SMILES string of the molecule is CCN(CC)c1c(-c2cccc(C(C)C)c2)c(C(=O)O)nc2ccc(Cl)cc12. The minimum absolute atomic E-state index is 0.0672. The average Bonchev–Trinajstić information content (AvgIpc) is 2.68. The Kier molecular flexibility index (Phi) is 5.90. The molecule has 0 amide bonds. The van der Waals surface area contributed by atoms with Gasteiger partial charge in [0.1, 0.15) is 0 Å². The van der Waals surface area contributed by atoms with E-state index in [1.165, 1.54) is 0 Å². The Hall–Kier alpha value is -2.59. The zero-order valence-corrected chi connectivity index (χ0v) is 17.4. The number of rotatable bonds is 6. The van der Waals surface area contributed by atoms with Crippen molar-refractivity contribution in [2.24, 2.45) is 0 Å². The van der Waals surface area contributed by atoms with Gasteiger partial charge in [0.15, 0.2) is 5.69 Å². The molecule has 0 saturated heterocycles. The van der Waals surface area contributed by atoms with Crippen LogP contribution in [-0.4, -0.2) is 29.1 Å². The molecular formula is C23H25ClN2O2. The quantitative estimate of drug-likeness (QED) is 0.537. The fraction of sp³-hybridized carbons (Fsp3) is 0.304. The number of pyridine rings is 1. The van der Waals surface area contributed by atoms with Crippen molar-refractivity contribution in [2.75, 3.05) is 18.0 Å². The van der Waals surface area contributed by atoms with Crippen LogP contribution in [0.15, 0.2) is 42.5 Å². The third-order valence-electron chi connectivity index (χ3n) is 5.04. The second-order valence-electron chi connectivity index (χ2n) is 7.10. The van der Waals surface area contributed by atoms with E-state index in [2.05, 4.69) is 49.7 Å².